The second kappa shape index (κ2) is 7.63. The third-order valence-electron chi connectivity index (χ3n) is 3.44. The third-order valence-corrected chi connectivity index (χ3v) is 3.92. The van der Waals surface area contributed by atoms with Crippen LogP contribution in [0.15, 0.2) is 51.7 Å². The molecule has 0 aliphatic heterocycles. The first-order chi connectivity index (χ1) is 12.0. The van der Waals surface area contributed by atoms with E-state index in [-0.39, 0.29) is 12.5 Å². The fourth-order valence-corrected chi connectivity index (χ4v) is 2.57. The summed E-state index contributed by atoms with van der Waals surface area (Å²) < 4.78 is 11.8. The molecule has 0 fully saturated rings. The molecule has 0 spiro atoms. The molecule has 3 aromatic rings. The average Bonchev–Trinajstić information content (AvgIpc) is 2.89. The Balaban J connectivity index is 1.54. The molecule has 1 heterocycles. The van der Waals surface area contributed by atoms with Crippen molar-refractivity contribution in [3.8, 4) is 5.75 Å². The highest BCUT2D eigenvalue weighted by atomic mass is 35.5. The van der Waals surface area contributed by atoms with Gasteiger partial charge in [0.15, 0.2) is 5.58 Å². The molecule has 0 saturated carbocycles. The largest absolute Gasteiger partial charge is 0.492 e. The first-order valence-electron chi connectivity index (χ1n) is 7.47. The van der Waals surface area contributed by atoms with Gasteiger partial charge in [0.05, 0.1) is 12.1 Å². The molecule has 0 saturated heterocycles. The summed E-state index contributed by atoms with van der Waals surface area (Å²) in [6, 6.07) is 11.7. The number of benzene rings is 2. The highest BCUT2D eigenvalue weighted by Crippen LogP contribution is 2.18. The molecular formula is C17H14Cl2N2O4. The Hall–Kier alpha value is -2.44. The zero-order chi connectivity index (χ0) is 17.8. The molecule has 2 aromatic carbocycles. The van der Waals surface area contributed by atoms with Gasteiger partial charge in [-0.2, -0.15) is 0 Å². The van der Waals surface area contributed by atoms with E-state index in [4.69, 9.17) is 32.4 Å². The molecule has 130 valence electrons. The third kappa shape index (κ3) is 4.35. The Morgan fingerprint density at radius 2 is 1.84 bits per heavy atom. The summed E-state index contributed by atoms with van der Waals surface area (Å²) in [6.45, 7) is 0.431. The molecule has 6 nitrogen and oxygen atoms in total. The lowest BCUT2D eigenvalue weighted by Gasteiger charge is -2.08. The van der Waals surface area contributed by atoms with Gasteiger partial charge >= 0.3 is 5.76 Å². The van der Waals surface area contributed by atoms with Gasteiger partial charge in [0.25, 0.3) is 0 Å². The number of rotatable bonds is 6. The van der Waals surface area contributed by atoms with E-state index in [1.54, 1.807) is 42.5 Å². The van der Waals surface area contributed by atoms with Crippen LogP contribution in [0.5, 0.6) is 5.75 Å². The Morgan fingerprint density at radius 3 is 2.60 bits per heavy atom. The number of nitrogens with one attached hydrogen (secondary N) is 1. The second-order valence-electron chi connectivity index (χ2n) is 5.22. The zero-order valence-corrected chi connectivity index (χ0v) is 14.5. The van der Waals surface area contributed by atoms with Crippen molar-refractivity contribution >= 4 is 40.2 Å². The normalized spacial score (nSPS) is 10.8. The van der Waals surface area contributed by atoms with Gasteiger partial charge in [-0.1, -0.05) is 23.2 Å². The zero-order valence-electron chi connectivity index (χ0n) is 13.0. The fraction of sp³-hybridized carbons (Fsp3) is 0.176. The molecule has 0 unspecified atom stereocenters. The van der Waals surface area contributed by atoms with Crippen molar-refractivity contribution in [1.82, 2.24) is 9.88 Å². The number of carbonyl (C=O) groups excluding carboxylic acids is 1. The number of aromatic nitrogens is 1. The van der Waals surface area contributed by atoms with Crippen molar-refractivity contribution in [2.24, 2.45) is 0 Å². The van der Waals surface area contributed by atoms with Gasteiger partial charge in [-0.25, -0.2) is 4.79 Å². The molecule has 0 bridgehead atoms. The van der Waals surface area contributed by atoms with E-state index in [2.05, 4.69) is 5.32 Å². The van der Waals surface area contributed by atoms with E-state index in [0.29, 0.717) is 40.0 Å². The van der Waals surface area contributed by atoms with Crippen LogP contribution in [-0.4, -0.2) is 23.6 Å². The van der Waals surface area contributed by atoms with Crippen LogP contribution in [0.1, 0.15) is 0 Å². The highest BCUT2D eigenvalue weighted by Gasteiger charge is 2.12. The first kappa shape index (κ1) is 17.4. The summed E-state index contributed by atoms with van der Waals surface area (Å²) in [4.78, 5) is 23.9. The lowest BCUT2D eigenvalue weighted by molar-refractivity contribution is -0.121. The minimum Gasteiger partial charge on any atom is -0.492 e. The molecule has 0 radical (unpaired) electrons. The minimum atomic E-state index is -0.607. The van der Waals surface area contributed by atoms with Crippen LogP contribution in [0.25, 0.3) is 11.1 Å². The summed E-state index contributed by atoms with van der Waals surface area (Å²) in [7, 11) is 0. The Bertz CT molecular complexity index is 947. The number of nitrogens with zero attached hydrogens (tertiary/aromatic N) is 1. The molecule has 1 N–H and O–H groups in total. The molecule has 25 heavy (non-hydrogen) atoms. The number of fused-ring (bicyclic) bond motifs is 1. The lowest BCUT2D eigenvalue weighted by Crippen LogP contribution is -2.33. The summed E-state index contributed by atoms with van der Waals surface area (Å²) in [5.74, 6) is -0.278. The maximum atomic E-state index is 12.0. The molecule has 1 amide bonds. The van der Waals surface area contributed by atoms with Crippen molar-refractivity contribution in [1.29, 1.82) is 0 Å². The van der Waals surface area contributed by atoms with Crippen LogP contribution in [-0.2, 0) is 11.3 Å². The van der Waals surface area contributed by atoms with E-state index in [0.717, 1.165) is 0 Å². The van der Waals surface area contributed by atoms with E-state index in [9.17, 15) is 9.59 Å². The van der Waals surface area contributed by atoms with Crippen LogP contribution >= 0.6 is 23.2 Å². The Labute approximate surface area is 152 Å². The number of hydrogen-bond acceptors (Lipinski definition) is 4. The molecule has 0 atom stereocenters. The summed E-state index contributed by atoms with van der Waals surface area (Å²) >= 11 is 11.7. The molecular weight excluding hydrogens is 367 g/mol. The van der Waals surface area contributed by atoms with Gasteiger partial charge in [0.1, 0.15) is 18.9 Å². The smallest absolute Gasteiger partial charge is 0.420 e. The average molecular weight is 381 g/mol. The van der Waals surface area contributed by atoms with E-state index in [1.807, 2.05) is 0 Å². The van der Waals surface area contributed by atoms with E-state index >= 15 is 0 Å². The van der Waals surface area contributed by atoms with Crippen molar-refractivity contribution in [3.05, 3.63) is 63.1 Å². The number of hydrogen-bond donors (Lipinski definition) is 1. The van der Waals surface area contributed by atoms with Gasteiger partial charge in [0, 0.05) is 10.0 Å². The Morgan fingerprint density at radius 1 is 1.12 bits per heavy atom. The summed E-state index contributed by atoms with van der Waals surface area (Å²) in [5.41, 5.74) is 0.860. The molecule has 8 heteroatoms. The topological polar surface area (TPSA) is 73.5 Å². The van der Waals surface area contributed by atoms with Crippen LogP contribution in [0, 0.1) is 0 Å². The van der Waals surface area contributed by atoms with Crippen LogP contribution in [0.4, 0.5) is 0 Å². The van der Waals surface area contributed by atoms with Gasteiger partial charge in [0.2, 0.25) is 5.91 Å². The molecule has 0 aliphatic rings. The van der Waals surface area contributed by atoms with Gasteiger partial charge in [-0.05, 0) is 42.5 Å². The van der Waals surface area contributed by atoms with Gasteiger partial charge in [-0.15, -0.1) is 0 Å². The van der Waals surface area contributed by atoms with E-state index < -0.39 is 5.76 Å². The maximum absolute atomic E-state index is 12.0. The van der Waals surface area contributed by atoms with Crippen LogP contribution < -0.4 is 15.8 Å². The standard InChI is InChI=1S/C17H14Cl2N2O4/c18-11-1-4-13(5-2-11)24-8-7-20-16(22)10-21-14-9-12(19)3-6-15(14)25-17(21)23/h1-6,9H,7-8,10H2,(H,20,22). The van der Waals surface area contributed by atoms with E-state index in [1.165, 1.54) is 4.57 Å². The highest BCUT2D eigenvalue weighted by molar-refractivity contribution is 6.31. The number of amides is 1. The predicted octanol–water partition coefficient (Wildman–Crippen LogP) is 3.10. The maximum Gasteiger partial charge on any atom is 0.420 e. The molecule has 0 aliphatic carbocycles. The molecule has 3 rings (SSSR count). The number of carbonyl (C=O) groups is 1. The second-order valence-corrected chi connectivity index (χ2v) is 6.09. The number of oxazole rings is 1. The van der Waals surface area contributed by atoms with Crippen LogP contribution in [0.3, 0.4) is 0 Å². The number of halogens is 2. The van der Waals surface area contributed by atoms with Crippen molar-refractivity contribution < 1.29 is 13.9 Å². The van der Waals surface area contributed by atoms with Crippen molar-refractivity contribution in [2.45, 2.75) is 6.54 Å². The summed E-state index contributed by atoms with van der Waals surface area (Å²) in [5, 5.41) is 3.77. The monoisotopic (exact) mass is 380 g/mol. The SMILES string of the molecule is O=C(Cn1c(=O)oc2ccc(Cl)cc21)NCCOc1ccc(Cl)cc1. The van der Waals surface area contributed by atoms with Crippen molar-refractivity contribution in [2.75, 3.05) is 13.2 Å². The minimum absolute atomic E-state index is 0.160. The van der Waals surface area contributed by atoms with Crippen LogP contribution in [0.2, 0.25) is 10.0 Å². The Kier molecular flexibility index (Phi) is 5.31. The first-order valence-corrected chi connectivity index (χ1v) is 8.22. The molecule has 1 aromatic heterocycles. The van der Waals surface area contributed by atoms with Gasteiger partial charge < -0.3 is 14.5 Å². The van der Waals surface area contributed by atoms with Gasteiger partial charge in [-0.3, -0.25) is 9.36 Å². The lowest BCUT2D eigenvalue weighted by atomic mass is 10.3. The number of ether oxygens (including phenoxy) is 1. The predicted molar refractivity (Wildman–Crippen MR) is 95.4 cm³/mol. The summed E-state index contributed by atoms with van der Waals surface area (Å²) in [6.07, 6.45) is 0. The van der Waals surface area contributed by atoms with Crippen molar-refractivity contribution in [3.63, 3.8) is 0 Å². The fourth-order valence-electron chi connectivity index (χ4n) is 2.27. The quantitative estimate of drug-likeness (QED) is 0.666.